The molecule has 0 radical (unpaired) electrons. The molecule has 1 saturated heterocycles. The summed E-state index contributed by atoms with van der Waals surface area (Å²) in [5.74, 6) is 0.664. The third-order valence-electron chi connectivity index (χ3n) is 4.47. The van der Waals surface area contributed by atoms with E-state index in [0.29, 0.717) is 13.2 Å². The van der Waals surface area contributed by atoms with Crippen molar-refractivity contribution in [3.05, 3.63) is 41.6 Å². The van der Waals surface area contributed by atoms with Gasteiger partial charge in [0.05, 0.1) is 12.8 Å². The normalized spacial score (nSPS) is 18.5. The van der Waals surface area contributed by atoms with E-state index >= 15 is 0 Å². The lowest BCUT2D eigenvalue weighted by Crippen LogP contribution is -2.44. The molecule has 1 aromatic heterocycles. The molecule has 0 bridgehead atoms. The second-order valence-corrected chi connectivity index (χ2v) is 6.28. The van der Waals surface area contributed by atoms with Crippen LogP contribution in [0.25, 0.3) is 11.3 Å². The van der Waals surface area contributed by atoms with Crippen LogP contribution >= 0.6 is 0 Å². The highest BCUT2D eigenvalue weighted by molar-refractivity contribution is 5.76. The molecule has 5 nitrogen and oxygen atoms in total. The number of ether oxygens (including phenoxy) is 1. The Labute approximate surface area is 142 Å². The zero-order chi connectivity index (χ0) is 16.9. The van der Waals surface area contributed by atoms with Gasteiger partial charge in [-0.15, -0.1) is 0 Å². The van der Waals surface area contributed by atoms with Gasteiger partial charge in [0.2, 0.25) is 0 Å². The predicted molar refractivity (Wildman–Crippen MR) is 91.4 cm³/mol. The van der Waals surface area contributed by atoms with Gasteiger partial charge in [-0.1, -0.05) is 35.3 Å². The van der Waals surface area contributed by atoms with Crippen LogP contribution in [0.15, 0.2) is 35.0 Å². The van der Waals surface area contributed by atoms with E-state index < -0.39 is 0 Å². The Balaban J connectivity index is 1.80. The van der Waals surface area contributed by atoms with Crippen molar-refractivity contribution in [3.63, 3.8) is 0 Å². The maximum Gasteiger partial charge on any atom is 0.323 e. The first-order valence-electron chi connectivity index (χ1n) is 8.60. The van der Waals surface area contributed by atoms with E-state index in [0.717, 1.165) is 42.7 Å². The van der Waals surface area contributed by atoms with Gasteiger partial charge in [0.1, 0.15) is 6.04 Å². The predicted octanol–water partition coefficient (Wildman–Crippen LogP) is 3.57. The fourth-order valence-corrected chi connectivity index (χ4v) is 3.30. The SMILES string of the molecule is CCOC(=O)C1CCCCN1Cc1cnoc1-c1cccc(C)c1. The van der Waals surface area contributed by atoms with Crippen LogP contribution in [0.3, 0.4) is 0 Å². The van der Waals surface area contributed by atoms with Gasteiger partial charge in [0.15, 0.2) is 5.76 Å². The highest BCUT2D eigenvalue weighted by Gasteiger charge is 2.30. The van der Waals surface area contributed by atoms with Crippen LogP contribution < -0.4 is 0 Å². The lowest BCUT2D eigenvalue weighted by Gasteiger charge is -2.33. The molecular formula is C19H24N2O3. The van der Waals surface area contributed by atoms with Gasteiger partial charge in [-0.2, -0.15) is 0 Å². The van der Waals surface area contributed by atoms with Crippen LogP contribution in [-0.4, -0.2) is 35.2 Å². The second kappa shape index (κ2) is 7.62. The van der Waals surface area contributed by atoms with Gasteiger partial charge in [-0.05, 0) is 39.3 Å². The third kappa shape index (κ3) is 3.67. The number of carbonyl (C=O) groups excluding carboxylic acids is 1. The van der Waals surface area contributed by atoms with Crippen molar-refractivity contribution in [3.8, 4) is 11.3 Å². The minimum Gasteiger partial charge on any atom is -0.465 e. The van der Waals surface area contributed by atoms with Crippen LogP contribution in [-0.2, 0) is 16.1 Å². The first-order valence-corrected chi connectivity index (χ1v) is 8.60. The Bertz CT molecular complexity index is 695. The zero-order valence-corrected chi connectivity index (χ0v) is 14.3. The quantitative estimate of drug-likeness (QED) is 0.785. The molecule has 128 valence electrons. The van der Waals surface area contributed by atoms with E-state index in [2.05, 4.69) is 29.1 Å². The summed E-state index contributed by atoms with van der Waals surface area (Å²) in [5, 5.41) is 3.98. The van der Waals surface area contributed by atoms with Crippen molar-refractivity contribution >= 4 is 5.97 Å². The van der Waals surface area contributed by atoms with Crippen LogP contribution in [0.1, 0.15) is 37.3 Å². The average Bonchev–Trinajstić information content (AvgIpc) is 3.04. The van der Waals surface area contributed by atoms with E-state index in [1.165, 1.54) is 5.56 Å². The van der Waals surface area contributed by atoms with Crippen molar-refractivity contribution in [2.75, 3.05) is 13.2 Å². The lowest BCUT2D eigenvalue weighted by atomic mass is 10.0. The molecule has 0 amide bonds. The smallest absolute Gasteiger partial charge is 0.323 e. The van der Waals surface area contributed by atoms with Gasteiger partial charge in [0.25, 0.3) is 0 Å². The second-order valence-electron chi connectivity index (χ2n) is 6.28. The van der Waals surface area contributed by atoms with Crippen LogP contribution in [0, 0.1) is 6.92 Å². The number of hydrogen-bond donors (Lipinski definition) is 0. The Morgan fingerprint density at radius 2 is 2.29 bits per heavy atom. The molecule has 1 aromatic carbocycles. The summed E-state index contributed by atoms with van der Waals surface area (Å²) < 4.78 is 10.7. The number of benzene rings is 1. The van der Waals surface area contributed by atoms with Crippen LogP contribution in [0.2, 0.25) is 0 Å². The summed E-state index contributed by atoms with van der Waals surface area (Å²) in [5.41, 5.74) is 3.21. The van der Waals surface area contributed by atoms with Gasteiger partial charge in [-0.25, -0.2) is 0 Å². The molecule has 0 N–H and O–H groups in total. The van der Waals surface area contributed by atoms with Crippen molar-refractivity contribution < 1.29 is 14.1 Å². The van der Waals surface area contributed by atoms with Crippen molar-refractivity contribution in [1.82, 2.24) is 10.1 Å². The third-order valence-corrected chi connectivity index (χ3v) is 4.47. The molecule has 2 heterocycles. The maximum absolute atomic E-state index is 12.2. The van der Waals surface area contributed by atoms with Crippen LogP contribution in [0.4, 0.5) is 0 Å². The molecule has 3 rings (SSSR count). The Hall–Kier alpha value is -2.14. The fourth-order valence-electron chi connectivity index (χ4n) is 3.30. The number of hydrogen-bond acceptors (Lipinski definition) is 5. The van der Waals surface area contributed by atoms with Gasteiger partial charge in [0, 0.05) is 17.7 Å². The van der Waals surface area contributed by atoms with Gasteiger partial charge >= 0.3 is 5.97 Å². The number of likely N-dealkylation sites (tertiary alicyclic amines) is 1. The number of rotatable bonds is 5. The first kappa shape index (κ1) is 16.7. The van der Waals surface area contributed by atoms with E-state index in [-0.39, 0.29) is 12.0 Å². The minimum atomic E-state index is -0.168. The molecule has 1 aliphatic heterocycles. The summed E-state index contributed by atoms with van der Waals surface area (Å²) in [7, 11) is 0. The summed E-state index contributed by atoms with van der Waals surface area (Å²) in [6.07, 6.45) is 4.77. The Kier molecular flexibility index (Phi) is 5.30. The van der Waals surface area contributed by atoms with E-state index in [9.17, 15) is 4.79 Å². The molecular weight excluding hydrogens is 304 g/mol. The van der Waals surface area contributed by atoms with Crippen molar-refractivity contribution in [2.24, 2.45) is 0 Å². The molecule has 1 aliphatic rings. The van der Waals surface area contributed by atoms with Crippen molar-refractivity contribution in [2.45, 2.75) is 45.7 Å². The maximum atomic E-state index is 12.2. The number of aromatic nitrogens is 1. The standard InChI is InChI=1S/C19H24N2O3/c1-3-23-19(22)17-9-4-5-10-21(17)13-16-12-20-24-18(16)15-8-6-7-14(2)11-15/h6-8,11-12,17H,3-5,9-10,13H2,1-2H3. The number of aryl methyl sites for hydroxylation is 1. The summed E-state index contributed by atoms with van der Waals surface area (Å²) in [6, 6.07) is 8.01. The highest BCUT2D eigenvalue weighted by Crippen LogP contribution is 2.28. The number of esters is 1. The molecule has 1 atom stereocenters. The van der Waals surface area contributed by atoms with Crippen molar-refractivity contribution in [1.29, 1.82) is 0 Å². The highest BCUT2D eigenvalue weighted by atomic mass is 16.5. The largest absolute Gasteiger partial charge is 0.465 e. The minimum absolute atomic E-state index is 0.120. The number of nitrogens with zero attached hydrogens (tertiary/aromatic N) is 2. The molecule has 24 heavy (non-hydrogen) atoms. The molecule has 2 aromatic rings. The van der Waals surface area contributed by atoms with E-state index in [1.807, 2.05) is 19.1 Å². The number of carbonyl (C=O) groups is 1. The van der Waals surface area contributed by atoms with Gasteiger partial charge < -0.3 is 9.26 Å². The van der Waals surface area contributed by atoms with E-state index in [1.54, 1.807) is 6.20 Å². The number of piperidine rings is 1. The molecule has 0 spiro atoms. The summed E-state index contributed by atoms with van der Waals surface area (Å²) in [6.45, 7) is 5.87. The average molecular weight is 328 g/mol. The molecule has 5 heteroatoms. The molecule has 1 unspecified atom stereocenters. The molecule has 0 saturated carbocycles. The lowest BCUT2D eigenvalue weighted by molar-refractivity contribution is -0.151. The zero-order valence-electron chi connectivity index (χ0n) is 14.3. The van der Waals surface area contributed by atoms with Gasteiger partial charge in [-0.3, -0.25) is 9.69 Å². The Morgan fingerprint density at radius 1 is 1.42 bits per heavy atom. The fraction of sp³-hybridized carbons (Fsp3) is 0.474. The summed E-state index contributed by atoms with van der Waals surface area (Å²) >= 11 is 0. The topological polar surface area (TPSA) is 55.6 Å². The van der Waals surface area contributed by atoms with Crippen LogP contribution in [0.5, 0.6) is 0 Å². The molecule has 1 fully saturated rings. The van der Waals surface area contributed by atoms with E-state index in [4.69, 9.17) is 9.26 Å². The Morgan fingerprint density at radius 3 is 3.08 bits per heavy atom. The molecule has 0 aliphatic carbocycles. The first-order chi connectivity index (χ1) is 11.7. The monoisotopic (exact) mass is 328 g/mol. The summed E-state index contributed by atoms with van der Waals surface area (Å²) in [4.78, 5) is 14.4.